The van der Waals surface area contributed by atoms with Gasteiger partial charge in [-0.2, -0.15) is 0 Å². The zero-order valence-electron chi connectivity index (χ0n) is 10.6. The molecular formula is C12H24N2O2. The maximum atomic E-state index is 12.2. The van der Waals surface area contributed by atoms with Crippen molar-refractivity contribution in [3.63, 3.8) is 0 Å². The number of carbonyl (C=O) groups excluding carboxylic acids is 1. The van der Waals surface area contributed by atoms with Gasteiger partial charge in [-0.05, 0) is 39.3 Å². The van der Waals surface area contributed by atoms with Crippen LogP contribution in [0.4, 0.5) is 0 Å². The number of nitrogens with one attached hydrogen (secondary N) is 2. The number of amides is 1. The van der Waals surface area contributed by atoms with Gasteiger partial charge in [0.1, 0.15) is 0 Å². The molecule has 1 heterocycles. The Bertz CT molecular complexity index is 225. The number of rotatable bonds is 5. The summed E-state index contributed by atoms with van der Waals surface area (Å²) < 4.78 is 5.13. The average Bonchev–Trinajstić information content (AvgIpc) is 2.36. The number of hydrogen-bond acceptors (Lipinski definition) is 3. The van der Waals surface area contributed by atoms with E-state index in [1.54, 1.807) is 7.11 Å². The van der Waals surface area contributed by atoms with Gasteiger partial charge in [0.25, 0.3) is 0 Å². The van der Waals surface area contributed by atoms with Crippen LogP contribution in [-0.2, 0) is 9.53 Å². The predicted molar refractivity (Wildman–Crippen MR) is 64.3 cm³/mol. The van der Waals surface area contributed by atoms with E-state index in [0.717, 1.165) is 32.4 Å². The Hall–Kier alpha value is -0.610. The lowest BCUT2D eigenvalue weighted by molar-refractivity contribution is -0.133. The summed E-state index contributed by atoms with van der Waals surface area (Å²) in [7, 11) is 1.66. The molecule has 0 saturated carbocycles. The Balaban J connectivity index is 2.48. The van der Waals surface area contributed by atoms with Crippen molar-refractivity contribution in [1.29, 1.82) is 0 Å². The van der Waals surface area contributed by atoms with Gasteiger partial charge in [-0.3, -0.25) is 4.79 Å². The van der Waals surface area contributed by atoms with Crippen LogP contribution in [0.1, 0.15) is 33.1 Å². The third-order valence-electron chi connectivity index (χ3n) is 3.67. The molecule has 0 aromatic rings. The first-order chi connectivity index (χ1) is 7.64. The van der Waals surface area contributed by atoms with Crippen LogP contribution < -0.4 is 10.6 Å². The minimum Gasteiger partial charge on any atom is -0.380 e. The van der Waals surface area contributed by atoms with Crippen molar-refractivity contribution in [3.8, 4) is 0 Å². The molecule has 1 aliphatic heterocycles. The monoisotopic (exact) mass is 228 g/mol. The molecule has 1 atom stereocenters. The van der Waals surface area contributed by atoms with Gasteiger partial charge in [0.2, 0.25) is 5.91 Å². The highest BCUT2D eigenvalue weighted by Crippen LogP contribution is 2.32. The van der Waals surface area contributed by atoms with E-state index >= 15 is 0 Å². The first-order valence-electron chi connectivity index (χ1n) is 6.16. The highest BCUT2D eigenvalue weighted by atomic mass is 16.5. The highest BCUT2D eigenvalue weighted by molar-refractivity contribution is 5.82. The van der Waals surface area contributed by atoms with Crippen LogP contribution in [-0.4, -0.2) is 38.8 Å². The quantitative estimate of drug-likeness (QED) is 0.735. The molecule has 1 amide bonds. The molecule has 4 nitrogen and oxygen atoms in total. The van der Waals surface area contributed by atoms with Crippen molar-refractivity contribution in [2.24, 2.45) is 5.41 Å². The van der Waals surface area contributed by atoms with Gasteiger partial charge in [-0.25, -0.2) is 0 Å². The second-order valence-corrected chi connectivity index (χ2v) is 4.64. The van der Waals surface area contributed by atoms with Gasteiger partial charge < -0.3 is 15.4 Å². The first kappa shape index (κ1) is 13.5. The van der Waals surface area contributed by atoms with Gasteiger partial charge in [0, 0.05) is 13.7 Å². The number of carbonyl (C=O) groups is 1. The van der Waals surface area contributed by atoms with E-state index < -0.39 is 0 Å². The Labute approximate surface area is 98.1 Å². The summed E-state index contributed by atoms with van der Waals surface area (Å²) in [5, 5.41) is 6.30. The summed E-state index contributed by atoms with van der Waals surface area (Å²) in [5.41, 5.74) is -0.154. The summed E-state index contributed by atoms with van der Waals surface area (Å²) in [5.74, 6) is 0.195. The summed E-state index contributed by atoms with van der Waals surface area (Å²) in [6.45, 7) is 6.55. The summed E-state index contributed by atoms with van der Waals surface area (Å²) in [4.78, 5) is 12.2. The molecule has 1 unspecified atom stereocenters. The van der Waals surface area contributed by atoms with Crippen molar-refractivity contribution in [1.82, 2.24) is 10.6 Å². The Morgan fingerprint density at radius 2 is 2.12 bits per heavy atom. The van der Waals surface area contributed by atoms with Crippen molar-refractivity contribution in [2.45, 2.75) is 39.2 Å². The highest BCUT2D eigenvalue weighted by Gasteiger charge is 2.37. The fourth-order valence-corrected chi connectivity index (χ4v) is 2.15. The molecule has 0 aliphatic carbocycles. The van der Waals surface area contributed by atoms with Crippen LogP contribution in [0.5, 0.6) is 0 Å². The van der Waals surface area contributed by atoms with E-state index in [2.05, 4.69) is 17.6 Å². The summed E-state index contributed by atoms with van der Waals surface area (Å²) >= 11 is 0. The fraction of sp³-hybridized carbons (Fsp3) is 0.917. The van der Waals surface area contributed by atoms with Crippen LogP contribution in [0.2, 0.25) is 0 Å². The molecule has 1 saturated heterocycles. The minimum atomic E-state index is -0.154. The largest absolute Gasteiger partial charge is 0.380 e. The maximum absolute atomic E-state index is 12.2. The zero-order chi connectivity index (χ0) is 12.0. The van der Waals surface area contributed by atoms with Crippen molar-refractivity contribution in [2.75, 3.05) is 26.7 Å². The molecule has 4 heteroatoms. The molecule has 94 valence electrons. The Kier molecular flexibility index (Phi) is 5.22. The third kappa shape index (κ3) is 3.19. The Morgan fingerprint density at radius 1 is 1.50 bits per heavy atom. The SMILES string of the molecule is CCC1(C(=O)NCC(C)OC)CCNCC1. The van der Waals surface area contributed by atoms with Gasteiger partial charge in [0.15, 0.2) is 0 Å². The van der Waals surface area contributed by atoms with E-state index in [1.807, 2.05) is 6.92 Å². The smallest absolute Gasteiger partial charge is 0.226 e. The standard InChI is InChI=1S/C12H24N2O2/c1-4-12(5-7-13-8-6-12)11(15)14-9-10(2)16-3/h10,13H,4-9H2,1-3H3,(H,14,15). The molecule has 0 aromatic carbocycles. The molecule has 1 fully saturated rings. The molecule has 0 radical (unpaired) electrons. The van der Waals surface area contributed by atoms with E-state index in [1.165, 1.54) is 0 Å². The molecule has 16 heavy (non-hydrogen) atoms. The maximum Gasteiger partial charge on any atom is 0.226 e. The summed E-state index contributed by atoms with van der Waals surface area (Å²) in [6.07, 6.45) is 2.88. The molecule has 1 aliphatic rings. The van der Waals surface area contributed by atoms with Crippen LogP contribution in [0.15, 0.2) is 0 Å². The van der Waals surface area contributed by atoms with Crippen molar-refractivity contribution < 1.29 is 9.53 Å². The first-order valence-corrected chi connectivity index (χ1v) is 6.16. The predicted octanol–water partition coefficient (Wildman–Crippen LogP) is 0.917. The number of piperidine rings is 1. The zero-order valence-corrected chi connectivity index (χ0v) is 10.6. The van der Waals surface area contributed by atoms with E-state index in [-0.39, 0.29) is 17.4 Å². The molecule has 0 bridgehead atoms. The lowest BCUT2D eigenvalue weighted by Gasteiger charge is -2.35. The van der Waals surface area contributed by atoms with E-state index in [4.69, 9.17) is 4.74 Å². The second kappa shape index (κ2) is 6.21. The molecular weight excluding hydrogens is 204 g/mol. The molecule has 1 rings (SSSR count). The van der Waals surface area contributed by atoms with Crippen molar-refractivity contribution >= 4 is 5.91 Å². The third-order valence-corrected chi connectivity index (χ3v) is 3.67. The van der Waals surface area contributed by atoms with Crippen LogP contribution in [0.3, 0.4) is 0 Å². The topological polar surface area (TPSA) is 50.4 Å². The number of ether oxygens (including phenoxy) is 1. The lowest BCUT2D eigenvalue weighted by atomic mass is 9.76. The fourth-order valence-electron chi connectivity index (χ4n) is 2.15. The van der Waals surface area contributed by atoms with Gasteiger partial charge in [-0.15, -0.1) is 0 Å². The summed E-state index contributed by atoms with van der Waals surface area (Å²) in [6, 6.07) is 0. The molecule has 0 spiro atoms. The average molecular weight is 228 g/mol. The van der Waals surface area contributed by atoms with Gasteiger partial charge in [0.05, 0.1) is 11.5 Å². The van der Waals surface area contributed by atoms with E-state index in [9.17, 15) is 4.79 Å². The van der Waals surface area contributed by atoms with Crippen LogP contribution >= 0.6 is 0 Å². The van der Waals surface area contributed by atoms with Crippen LogP contribution in [0, 0.1) is 5.41 Å². The minimum absolute atomic E-state index is 0.0829. The Morgan fingerprint density at radius 3 is 2.62 bits per heavy atom. The number of methoxy groups -OCH3 is 1. The van der Waals surface area contributed by atoms with E-state index in [0.29, 0.717) is 6.54 Å². The second-order valence-electron chi connectivity index (χ2n) is 4.64. The number of hydrogen-bond donors (Lipinski definition) is 2. The van der Waals surface area contributed by atoms with Crippen LogP contribution in [0.25, 0.3) is 0 Å². The van der Waals surface area contributed by atoms with Gasteiger partial charge >= 0.3 is 0 Å². The molecule has 0 aromatic heterocycles. The lowest BCUT2D eigenvalue weighted by Crippen LogP contribution is -2.48. The van der Waals surface area contributed by atoms with Gasteiger partial charge in [-0.1, -0.05) is 6.92 Å². The molecule has 2 N–H and O–H groups in total. The normalized spacial score (nSPS) is 21.4. The van der Waals surface area contributed by atoms with Crippen molar-refractivity contribution in [3.05, 3.63) is 0 Å².